The van der Waals surface area contributed by atoms with Gasteiger partial charge in [0.1, 0.15) is 31.0 Å². The van der Waals surface area contributed by atoms with Gasteiger partial charge in [-0.25, -0.2) is 0 Å². The smallest absolute Gasteiger partial charge is 0.306 e. The molecule has 11 nitrogen and oxygen atoms in total. The van der Waals surface area contributed by atoms with Gasteiger partial charge in [0.05, 0.1) is 6.61 Å². The molecule has 68 heavy (non-hydrogen) atoms. The molecule has 11 heteroatoms. The van der Waals surface area contributed by atoms with Crippen molar-refractivity contribution in [3.8, 4) is 0 Å². The van der Waals surface area contributed by atoms with Crippen molar-refractivity contribution in [1.29, 1.82) is 0 Å². The summed E-state index contributed by atoms with van der Waals surface area (Å²) in [7, 11) is 0. The van der Waals surface area contributed by atoms with Crippen LogP contribution < -0.4 is 5.32 Å². The number of carbonyl (C=O) groups excluding carboxylic acids is 3. The summed E-state index contributed by atoms with van der Waals surface area (Å²) in [6, 6.07) is 0. The van der Waals surface area contributed by atoms with Gasteiger partial charge in [0, 0.05) is 25.8 Å². The van der Waals surface area contributed by atoms with Crippen molar-refractivity contribution in [2.45, 2.75) is 327 Å². The van der Waals surface area contributed by atoms with E-state index >= 15 is 0 Å². The predicted molar refractivity (Wildman–Crippen MR) is 277 cm³/mol. The first-order valence-corrected chi connectivity index (χ1v) is 29.2. The average molecular weight is 968 g/mol. The highest BCUT2D eigenvalue weighted by Gasteiger charge is 2.44. The van der Waals surface area contributed by atoms with Gasteiger partial charge >= 0.3 is 11.9 Å². The molecule has 0 radical (unpaired) electrons. The van der Waals surface area contributed by atoms with Gasteiger partial charge < -0.3 is 39.6 Å². The molecule has 1 saturated heterocycles. The van der Waals surface area contributed by atoms with Crippen LogP contribution in [0.1, 0.15) is 290 Å². The van der Waals surface area contributed by atoms with Gasteiger partial charge in [0.15, 0.2) is 12.4 Å². The lowest BCUT2D eigenvalue weighted by atomic mass is 9.98. The SMILES string of the molecule is CCCCCCCCCCCCCCCCCC(=O)NC[C@H]1O[C@H](OC[C@@H](COC(=O)CCCCCCCCCCCCCCC)OC(=O)CCCCCCCCCCCCC)[C@H](O)[C@@H](O)[C@@H]1O. The van der Waals surface area contributed by atoms with Gasteiger partial charge in [0.2, 0.25) is 5.91 Å². The van der Waals surface area contributed by atoms with Crippen LogP contribution in [0.3, 0.4) is 0 Å². The number of esters is 2. The molecule has 0 aromatic carbocycles. The summed E-state index contributed by atoms with van der Waals surface area (Å²) in [5.41, 5.74) is 0. The number of carbonyl (C=O) groups is 3. The van der Waals surface area contributed by atoms with E-state index in [1.54, 1.807) is 0 Å². The van der Waals surface area contributed by atoms with Crippen molar-refractivity contribution in [2.24, 2.45) is 0 Å². The number of amides is 1. The van der Waals surface area contributed by atoms with Crippen LogP contribution >= 0.6 is 0 Å². The maximum atomic E-state index is 13.0. The quantitative estimate of drug-likeness (QED) is 0.0341. The van der Waals surface area contributed by atoms with E-state index in [2.05, 4.69) is 26.1 Å². The molecule has 1 fully saturated rings. The Morgan fingerprint density at radius 1 is 0.426 bits per heavy atom. The van der Waals surface area contributed by atoms with E-state index < -0.39 is 42.8 Å². The molecule has 402 valence electrons. The third-order valence-electron chi connectivity index (χ3n) is 13.8. The Kier molecular flexibility index (Phi) is 44.9. The third kappa shape index (κ3) is 38.0. The highest BCUT2D eigenvalue weighted by atomic mass is 16.7. The van der Waals surface area contributed by atoms with Gasteiger partial charge in [-0.2, -0.15) is 0 Å². The minimum atomic E-state index is -1.59. The molecule has 1 aliphatic heterocycles. The van der Waals surface area contributed by atoms with Crippen LogP contribution in [0.15, 0.2) is 0 Å². The second-order valence-corrected chi connectivity index (χ2v) is 20.4. The number of rotatable bonds is 50. The van der Waals surface area contributed by atoms with Crippen LogP contribution in [0, 0.1) is 0 Å². The van der Waals surface area contributed by atoms with Crippen LogP contribution in [-0.2, 0) is 33.3 Å². The molecule has 1 rings (SSSR count). The molecule has 0 spiro atoms. The molecule has 0 saturated carbocycles. The highest BCUT2D eigenvalue weighted by Crippen LogP contribution is 2.23. The Hall–Kier alpha value is -1.79. The van der Waals surface area contributed by atoms with Crippen molar-refractivity contribution in [2.75, 3.05) is 19.8 Å². The standard InChI is InChI=1S/C57H109NO10/c1-4-7-10-13-16-19-22-24-25-27-29-31-34-37-40-43-51(59)58-46-50-54(62)55(63)56(64)57(68-50)66-48-49(67-53(61)45-42-39-36-33-28-21-18-15-12-9-6-3)47-65-52(60)44-41-38-35-32-30-26-23-20-17-14-11-8-5-2/h49-50,54-57,62-64H,4-48H2,1-3H3,(H,58,59)/t49-,50-,54-,55+,56-,57+/m1/s1. The Balaban J connectivity index is 2.49. The molecular formula is C57H109NO10. The number of nitrogens with one attached hydrogen (secondary N) is 1. The molecular weight excluding hydrogens is 859 g/mol. The van der Waals surface area contributed by atoms with E-state index in [-0.39, 0.29) is 44.5 Å². The van der Waals surface area contributed by atoms with Crippen LogP contribution in [-0.4, -0.2) is 89.7 Å². The van der Waals surface area contributed by atoms with Gasteiger partial charge in [-0.1, -0.05) is 252 Å². The highest BCUT2D eigenvalue weighted by molar-refractivity contribution is 5.75. The van der Waals surface area contributed by atoms with E-state index in [4.69, 9.17) is 18.9 Å². The minimum absolute atomic E-state index is 0.0729. The lowest BCUT2D eigenvalue weighted by Gasteiger charge is -2.40. The van der Waals surface area contributed by atoms with Gasteiger partial charge in [-0.15, -0.1) is 0 Å². The first kappa shape index (κ1) is 64.2. The minimum Gasteiger partial charge on any atom is -0.462 e. The topological polar surface area (TPSA) is 161 Å². The van der Waals surface area contributed by atoms with Crippen LogP contribution in [0.5, 0.6) is 0 Å². The van der Waals surface area contributed by atoms with Crippen molar-refractivity contribution >= 4 is 17.8 Å². The summed E-state index contributed by atoms with van der Waals surface area (Å²) in [4.78, 5) is 38.5. The molecule has 1 amide bonds. The first-order chi connectivity index (χ1) is 33.2. The maximum absolute atomic E-state index is 13.0. The van der Waals surface area contributed by atoms with E-state index in [9.17, 15) is 29.7 Å². The fourth-order valence-corrected chi connectivity index (χ4v) is 9.22. The summed E-state index contributed by atoms with van der Waals surface area (Å²) in [6.45, 7) is 6.19. The normalized spacial score (nSPS) is 18.7. The first-order valence-electron chi connectivity index (χ1n) is 29.2. The van der Waals surface area contributed by atoms with Crippen molar-refractivity contribution in [1.82, 2.24) is 5.32 Å². The zero-order chi connectivity index (χ0) is 49.6. The lowest BCUT2D eigenvalue weighted by molar-refractivity contribution is -0.299. The van der Waals surface area contributed by atoms with E-state index in [0.29, 0.717) is 12.8 Å². The molecule has 0 aromatic rings. The van der Waals surface area contributed by atoms with Crippen molar-refractivity contribution in [3.63, 3.8) is 0 Å². The molecule has 0 aromatic heterocycles. The number of aliphatic hydroxyl groups excluding tert-OH is 3. The van der Waals surface area contributed by atoms with Gasteiger partial charge in [-0.05, 0) is 19.3 Å². The molecule has 4 N–H and O–H groups in total. The van der Waals surface area contributed by atoms with Crippen LogP contribution in [0.2, 0.25) is 0 Å². The number of ether oxygens (including phenoxy) is 4. The lowest BCUT2D eigenvalue weighted by Crippen LogP contribution is -2.60. The Labute approximate surface area is 417 Å². The third-order valence-corrected chi connectivity index (χ3v) is 13.8. The monoisotopic (exact) mass is 968 g/mol. The molecule has 0 bridgehead atoms. The summed E-state index contributed by atoms with van der Waals surface area (Å²) in [6.07, 6.45) is 40.2. The van der Waals surface area contributed by atoms with E-state index in [0.717, 1.165) is 57.8 Å². The second-order valence-electron chi connectivity index (χ2n) is 20.4. The van der Waals surface area contributed by atoms with Gasteiger partial charge in [-0.3, -0.25) is 14.4 Å². The second kappa shape index (κ2) is 47.5. The van der Waals surface area contributed by atoms with Crippen LogP contribution in [0.4, 0.5) is 0 Å². The Morgan fingerprint density at radius 3 is 1.15 bits per heavy atom. The molecule has 1 heterocycles. The summed E-state index contributed by atoms with van der Waals surface area (Å²) in [5.74, 6) is -0.955. The number of aliphatic hydroxyl groups is 3. The zero-order valence-electron chi connectivity index (χ0n) is 44.5. The molecule has 6 atom stereocenters. The Bertz CT molecular complexity index is 1140. The average Bonchev–Trinajstić information content (AvgIpc) is 3.33. The predicted octanol–water partition coefficient (Wildman–Crippen LogP) is 13.8. The molecule has 0 aliphatic carbocycles. The van der Waals surface area contributed by atoms with Crippen molar-refractivity contribution in [3.05, 3.63) is 0 Å². The fourth-order valence-electron chi connectivity index (χ4n) is 9.22. The van der Waals surface area contributed by atoms with Crippen LogP contribution in [0.25, 0.3) is 0 Å². The largest absolute Gasteiger partial charge is 0.462 e. The maximum Gasteiger partial charge on any atom is 0.306 e. The number of hydrogen-bond acceptors (Lipinski definition) is 10. The molecule has 0 unspecified atom stereocenters. The number of unbranched alkanes of at least 4 members (excludes halogenated alkanes) is 36. The summed E-state index contributed by atoms with van der Waals surface area (Å²) < 4.78 is 23.1. The number of hydrogen-bond donors (Lipinski definition) is 4. The fraction of sp³-hybridized carbons (Fsp3) is 0.947. The summed E-state index contributed by atoms with van der Waals surface area (Å²) >= 11 is 0. The zero-order valence-corrected chi connectivity index (χ0v) is 44.5. The Morgan fingerprint density at radius 2 is 0.765 bits per heavy atom. The van der Waals surface area contributed by atoms with E-state index in [1.807, 2.05) is 0 Å². The van der Waals surface area contributed by atoms with Crippen molar-refractivity contribution < 1.29 is 48.7 Å². The summed E-state index contributed by atoms with van der Waals surface area (Å²) in [5, 5.41) is 35.0. The van der Waals surface area contributed by atoms with E-state index in [1.165, 1.54) is 186 Å². The molecule has 1 aliphatic rings. The van der Waals surface area contributed by atoms with Gasteiger partial charge in [0.25, 0.3) is 0 Å².